The molecule has 2 aromatic rings. The number of amides is 1. The van der Waals surface area contributed by atoms with Crippen molar-refractivity contribution in [3.8, 4) is 0 Å². The van der Waals surface area contributed by atoms with Crippen molar-refractivity contribution in [2.45, 2.75) is 19.6 Å². The Morgan fingerprint density at radius 2 is 2.00 bits per heavy atom. The molecule has 0 bridgehead atoms. The number of rotatable bonds is 3. The maximum Gasteiger partial charge on any atom is 0.435 e. The Bertz CT molecular complexity index is 671. The monoisotopic (exact) mass is 301 g/mol. The Morgan fingerprint density at radius 3 is 2.48 bits per heavy atom. The van der Waals surface area contributed by atoms with Gasteiger partial charge in [-0.05, 0) is 6.92 Å². The number of aromatic nitrogens is 4. The highest BCUT2D eigenvalue weighted by atomic mass is 19.4. The first-order chi connectivity index (χ1) is 9.70. The van der Waals surface area contributed by atoms with Crippen LogP contribution < -0.4 is 5.32 Å². The highest BCUT2D eigenvalue weighted by molar-refractivity contribution is 5.92. The number of carbonyl (C=O) groups is 1. The Hall–Kier alpha value is -2.32. The lowest BCUT2D eigenvalue weighted by Gasteiger charge is -2.05. The van der Waals surface area contributed by atoms with Crippen molar-refractivity contribution in [3.05, 3.63) is 34.9 Å². The average Bonchev–Trinajstić information content (AvgIpc) is 2.92. The minimum atomic E-state index is -4.57. The van der Waals surface area contributed by atoms with Crippen molar-refractivity contribution in [3.63, 3.8) is 0 Å². The summed E-state index contributed by atoms with van der Waals surface area (Å²) in [6.45, 7) is 2.02. The summed E-state index contributed by atoms with van der Waals surface area (Å²) in [5.74, 6) is -0.622. The van der Waals surface area contributed by atoms with Gasteiger partial charge >= 0.3 is 6.18 Å². The molecule has 0 atom stereocenters. The molecule has 114 valence electrons. The molecule has 2 aromatic heterocycles. The molecule has 0 fully saturated rings. The lowest BCUT2D eigenvalue weighted by atomic mass is 10.2. The molecule has 0 spiro atoms. The van der Waals surface area contributed by atoms with Crippen LogP contribution in [0.1, 0.15) is 27.4 Å². The SMILES string of the molecule is Cc1c(CNC(=O)c2cc(C(F)(F)F)nn2C)cnn1C. The quantitative estimate of drug-likeness (QED) is 0.932. The molecular formula is C12H14F3N5O. The summed E-state index contributed by atoms with van der Waals surface area (Å²) in [4.78, 5) is 11.9. The van der Waals surface area contributed by atoms with Crippen LogP contribution in [0.4, 0.5) is 13.2 Å². The van der Waals surface area contributed by atoms with Crippen LogP contribution in [0.3, 0.4) is 0 Å². The zero-order chi connectivity index (χ0) is 15.8. The summed E-state index contributed by atoms with van der Waals surface area (Å²) in [5, 5.41) is 9.87. The van der Waals surface area contributed by atoms with Gasteiger partial charge in [0.15, 0.2) is 5.69 Å². The Morgan fingerprint density at radius 1 is 1.33 bits per heavy atom. The van der Waals surface area contributed by atoms with E-state index in [2.05, 4.69) is 15.5 Å². The predicted octanol–water partition coefficient (Wildman–Crippen LogP) is 1.41. The normalized spacial score (nSPS) is 11.7. The number of carbonyl (C=O) groups excluding carboxylic acids is 1. The first-order valence-corrected chi connectivity index (χ1v) is 6.07. The van der Waals surface area contributed by atoms with Crippen LogP contribution in [0.2, 0.25) is 0 Å². The third-order valence-corrected chi connectivity index (χ3v) is 3.18. The first-order valence-electron chi connectivity index (χ1n) is 6.07. The molecular weight excluding hydrogens is 287 g/mol. The Balaban J connectivity index is 2.11. The van der Waals surface area contributed by atoms with Gasteiger partial charge in [-0.2, -0.15) is 23.4 Å². The molecule has 0 aliphatic carbocycles. The Labute approximate surface area is 118 Å². The molecule has 0 aromatic carbocycles. The van der Waals surface area contributed by atoms with Crippen molar-refractivity contribution >= 4 is 5.91 Å². The van der Waals surface area contributed by atoms with Crippen LogP contribution in [-0.4, -0.2) is 25.5 Å². The molecule has 2 rings (SSSR count). The van der Waals surface area contributed by atoms with E-state index in [-0.39, 0.29) is 12.2 Å². The van der Waals surface area contributed by atoms with E-state index >= 15 is 0 Å². The van der Waals surface area contributed by atoms with Crippen molar-refractivity contribution < 1.29 is 18.0 Å². The minimum Gasteiger partial charge on any atom is -0.347 e. The zero-order valence-electron chi connectivity index (χ0n) is 11.7. The highest BCUT2D eigenvalue weighted by Gasteiger charge is 2.35. The smallest absolute Gasteiger partial charge is 0.347 e. The number of hydrogen-bond donors (Lipinski definition) is 1. The van der Waals surface area contributed by atoms with Crippen molar-refractivity contribution in [2.75, 3.05) is 0 Å². The van der Waals surface area contributed by atoms with Gasteiger partial charge < -0.3 is 5.32 Å². The van der Waals surface area contributed by atoms with Gasteiger partial charge in [0.25, 0.3) is 5.91 Å². The van der Waals surface area contributed by atoms with E-state index in [4.69, 9.17) is 0 Å². The van der Waals surface area contributed by atoms with Crippen LogP contribution >= 0.6 is 0 Å². The fourth-order valence-electron chi connectivity index (χ4n) is 1.80. The number of aryl methyl sites for hydroxylation is 2. The third kappa shape index (κ3) is 3.06. The number of alkyl halides is 3. The summed E-state index contributed by atoms with van der Waals surface area (Å²) < 4.78 is 40.2. The predicted molar refractivity (Wildman–Crippen MR) is 67.3 cm³/mol. The third-order valence-electron chi connectivity index (χ3n) is 3.18. The van der Waals surface area contributed by atoms with E-state index in [0.717, 1.165) is 22.0 Å². The van der Waals surface area contributed by atoms with Gasteiger partial charge in [0.05, 0.1) is 6.20 Å². The second-order valence-corrected chi connectivity index (χ2v) is 4.60. The topological polar surface area (TPSA) is 64.7 Å². The van der Waals surface area contributed by atoms with E-state index < -0.39 is 17.8 Å². The second kappa shape index (κ2) is 5.23. The maximum atomic E-state index is 12.5. The molecule has 0 saturated carbocycles. The maximum absolute atomic E-state index is 12.5. The molecule has 0 radical (unpaired) electrons. The van der Waals surface area contributed by atoms with Gasteiger partial charge in [-0.1, -0.05) is 0 Å². The average molecular weight is 301 g/mol. The summed E-state index contributed by atoms with van der Waals surface area (Å²) >= 11 is 0. The highest BCUT2D eigenvalue weighted by Crippen LogP contribution is 2.28. The number of halogens is 3. The first kappa shape index (κ1) is 15.1. The van der Waals surface area contributed by atoms with Crippen molar-refractivity contribution in [2.24, 2.45) is 14.1 Å². The van der Waals surface area contributed by atoms with Gasteiger partial charge in [-0.3, -0.25) is 14.2 Å². The number of hydrogen-bond acceptors (Lipinski definition) is 3. The van der Waals surface area contributed by atoms with E-state index in [1.807, 2.05) is 6.92 Å². The summed E-state index contributed by atoms with van der Waals surface area (Å²) in [6.07, 6.45) is -2.98. The lowest BCUT2D eigenvalue weighted by molar-refractivity contribution is -0.141. The van der Waals surface area contributed by atoms with E-state index in [1.54, 1.807) is 17.9 Å². The van der Waals surface area contributed by atoms with Crippen LogP contribution in [-0.2, 0) is 26.8 Å². The Kier molecular flexibility index (Phi) is 3.75. The molecule has 0 aliphatic rings. The summed E-state index contributed by atoms with van der Waals surface area (Å²) in [5.41, 5.74) is 0.428. The molecule has 21 heavy (non-hydrogen) atoms. The van der Waals surface area contributed by atoms with Crippen molar-refractivity contribution in [1.82, 2.24) is 24.9 Å². The number of nitrogens with zero attached hydrogens (tertiary/aromatic N) is 4. The van der Waals surface area contributed by atoms with Gasteiger partial charge in [0, 0.05) is 38.0 Å². The van der Waals surface area contributed by atoms with Crippen molar-refractivity contribution in [1.29, 1.82) is 0 Å². The van der Waals surface area contributed by atoms with E-state index in [9.17, 15) is 18.0 Å². The fourth-order valence-corrected chi connectivity index (χ4v) is 1.80. The fraction of sp³-hybridized carbons (Fsp3) is 0.417. The van der Waals surface area contributed by atoms with Crippen LogP contribution in [0.25, 0.3) is 0 Å². The molecule has 9 heteroatoms. The van der Waals surface area contributed by atoms with E-state index in [1.165, 1.54) is 7.05 Å². The molecule has 2 heterocycles. The van der Waals surface area contributed by atoms with Gasteiger partial charge in [-0.15, -0.1) is 0 Å². The summed E-state index contributed by atoms with van der Waals surface area (Å²) in [7, 11) is 3.05. The molecule has 0 aliphatic heterocycles. The van der Waals surface area contributed by atoms with Crippen LogP contribution in [0.5, 0.6) is 0 Å². The molecule has 6 nitrogen and oxygen atoms in total. The minimum absolute atomic E-state index is 0.149. The van der Waals surface area contributed by atoms with E-state index in [0.29, 0.717) is 0 Å². The second-order valence-electron chi connectivity index (χ2n) is 4.60. The van der Waals surface area contributed by atoms with Gasteiger partial charge in [0.2, 0.25) is 0 Å². The molecule has 0 saturated heterocycles. The standard InChI is InChI=1S/C12H14F3N5O/c1-7-8(6-17-19(7)2)5-16-11(21)9-4-10(12(13,14)15)18-20(9)3/h4,6H,5H2,1-3H3,(H,16,21). The molecule has 1 N–H and O–H groups in total. The largest absolute Gasteiger partial charge is 0.435 e. The van der Waals surface area contributed by atoms with Crippen LogP contribution in [0.15, 0.2) is 12.3 Å². The lowest BCUT2D eigenvalue weighted by Crippen LogP contribution is -2.25. The van der Waals surface area contributed by atoms with Crippen LogP contribution in [0, 0.1) is 6.92 Å². The zero-order valence-corrected chi connectivity index (χ0v) is 11.7. The van der Waals surface area contributed by atoms with Gasteiger partial charge in [-0.25, -0.2) is 0 Å². The molecule has 0 unspecified atom stereocenters. The number of nitrogens with one attached hydrogen (secondary N) is 1. The van der Waals surface area contributed by atoms with Gasteiger partial charge in [0.1, 0.15) is 5.69 Å². The summed E-state index contributed by atoms with van der Waals surface area (Å²) in [6, 6.07) is 0.728. The molecule has 1 amide bonds.